The molecule has 164 valence electrons. The Bertz CT molecular complexity index is 1040. The predicted molar refractivity (Wildman–Crippen MR) is 119 cm³/mol. The van der Waals surface area contributed by atoms with Crippen molar-refractivity contribution in [2.24, 2.45) is 0 Å². The van der Waals surface area contributed by atoms with E-state index in [2.05, 4.69) is 15.6 Å². The summed E-state index contributed by atoms with van der Waals surface area (Å²) in [6, 6.07) is 9.93. The molecule has 3 heterocycles. The van der Waals surface area contributed by atoms with E-state index in [1.54, 1.807) is 20.4 Å². The molecule has 1 aliphatic rings. The fraction of sp³-hybridized carbons (Fsp3) is 0.417. The van der Waals surface area contributed by atoms with E-state index in [1.807, 2.05) is 35.4 Å². The van der Waals surface area contributed by atoms with Crippen molar-refractivity contribution in [1.82, 2.24) is 14.5 Å². The van der Waals surface area contributed by atoms with Gasteiger partial charge in [0.2, 0.25) is 0 Å². The number of rotatable bonds is 8. The molecule has 0 N–H and O–H groups in total. The molecule has 1 aromatic carbocycles. The van der Waals surface area contributed by atoms with Crippen LogP contribution in [0.1, 0.15) is 28.8 Å². The number of unbranched alkanes of at least 4 members (excludes halogenated alkanes) is 1. The molecule has 1 amide bonds. The highest BCUT2D eigenvalue weighted by atomic mass is 16.5. The van der Waals surface area contributed by atoms with Gasteiger partial charge in [0.05, 0.1) is 38.5 Å². The maximum absolute atomic E-state index is 13.1. The molecule has 0 radical (unpaired) electrons. The first-order valence-electron chi connectivity index (χ1n) is 10.7. The maximum Gasteiger partial charge on any atom is 0.257 e. The van der Waals surface area contributed by atoms with Gasteiger partial charge in [0.15, 0.2) is 11.5 Å². The highest BCUT2D eigenvalue weighted by Gasteiger charge is 2.23. The lowest BCUT2D eigenvalue weighted by Gasteiger charge is -2.26. The van der Waals surface area contributed by atoms with Gasteiger partial charge in [-0.3, -0.25) is 9.78 Å². The van der Waals surface area contributed by atoms with Gasteiger partial charge in [0, 0.05) is 32.0 Å². The standard InChI is InChI=1S/C24H29N3O4/c1-29-21-10-5-8-18(23(21)30-2)7-3-4-12-27-17-19(22-20(27)9-6-11-25-22)24(28)26-13-15-31-16-14-26/h5-6,8-11,17H,3-4,7,12-16H2,1-2H3. The van der Waals surface area contributed by atoms with Crippen LogP contribution in [-0.2, 0) is 17.7 Å². The van der Waals surface area contributed by atoms with Crippen LogP contribution < -0.4 is 9.47 Å². The van der Waals surface area contributed by atoms with Crippen molar-refractivity contribution in [3.05, 3.63) is 53.9 Å². The van der Waals surface area contributed by atoms with Crippen molar-refractivity contribution in [3.8, 4) is 11.5 Å². The fourth-order valence-electron chi connectivity index (χ4n) is 4.15. The van der Waals surface area contributed by atoms with Gasteiger partial charge in [-0.05, 0) is 43.0 Å². The highest BCUT2D eigenvalue weighted by molar-refractivity contribution is 6.05. The molecule has 1 aliphatic heterocycles. The first-order chi connectivity index (χ1) is 15.2. The molecule has 0 spiro atoms. The number of pyridine rings is 1. The van der Waals surface area contributed by atoms with Crippen molar-refractivity contribution < 1.29 is 19.0 Å². The lowest BCUT2D eigenvalue weighted by atomic mass is 10.1. The highest BCUT2D eigenvalue weighted by Crippen LogP contribution is 2.31. The molecular weight excluding hydrogens is 394 g/mol. The zero-order valence-corrected chi connectivity index (χ0v) is 18.2. The summed E-state index contributed by atoms with van der Waals surface area (Å²) in [5, 5.41) is 0. The number of morpholine rings is 1. The second kappa shape index (κ2) is 9.83. The van der Waals surface area contributed by atoms with Crippen LogP contribution >= 0.6 is 0 Å². The molecular formula is C24H29N3O4. The monoisotopic (exact) mass is 423 g/mol. The molecule has 2 aromatic heterocycles. The summed E-state index contributed by atoms with van der Waals surface area (Å²) in [6.45, 7) is 3.25. The fourth-order valence-corrected chi connectivity index (χ4v) is 4.15. The molecule has 7 heteroatoms. The van der Waals surface area contributed by atoms with Gasteiger partial charge >= 0.3 is 0 Å². The second-order valence-corrected chi connectivity index (χ2v) is 7.62. The number of hydrogen-bond acceptors (Lipinski definition) is 5. The molecule has 1 saturated heterocycles. The third kappa shape index (κ3) is 4.51. The van der Waals surface area contributed by atoms with E-state index in [0.29, 0.717) is 31.9 Å². The number of ether oxygens (including phenoxy) is 3. The lowest BCUT2D eigenvalue weighted by Crippen LogP contribution is -2.40. The van der Waals surface area contributed by atoms with Gasteiger partial charge in [-0.2, -0.15) is 0 Å². The number of benzene rings is 1. The number of amides is 1. The van der Waals surface area contributed by atoms with Crippen molar-refractivity contribution in [2.45, 2.75) is 25.8 Å². The normalized spacial score (nSPS) is 14.1. The average molecular weight is 424 g/mol. The molecule has 7 nitrogen and oxygen atoms in total. The van der Waals surface area contributed by atoms with Gasteiger partial charge in [0.25, 0.3) is 5.91 Å². The molecule has 0 saturated carbocycles. The summed E-state index contributed by atoms with van der Waals surface area (Å²) < 4.78 is 18.5. The number of fused-ring (bicyclic) bond motifs is 1. The Hall–Kier alpha value is -3.06. The van der Waals surface area contributed by atoms with Gasteiger partial charge in [-0.1, -0.05) is 12.1 Å². The van der Waals surface area contributed by atoms with Gasteiger partial charge in [-0.15, -0.1) is 0 Å². The Morgan fingerprint density at radius 1 is 1.10 bits per heavy atom. The lowest BCUT2D eigenvalue weighted by molar-refractivity contribution is 0.0304. The zero-order chi connectivity index (χ0) is 21.6. The maximum atomic E-state index is 13.1. The zero-order valence-electron chi connectivity index (χ0n) is 18.2. The quantitative estimate of drug-likeness (QED) is 0.519. The minimum atomic E-state index is 0.0341. The molecule has 31 heavy (non-hydrogen) atoms. The van der Waals surface area contributed by atoms with E-state index >= 15 is 0 Å². The molecule has 0 unspecified atom stereocenters. The van der Waals surface area contributed by atoms with E-state index in [9.17, 15) is 4.79 Å². The molecule has 0 aliphatic carbocycles. The number of carbonyl (C=O) groups is 1. The third-order valence-electron chi connectivity index (χ3n) is 5.74. The summed E-state index contributed by atoms with van der Waals surface area (Å²) in [6.07, 6.45) is 6.58. The number of nitrogens with zero attached hydrogens (tertiary/aromatic N) is 3. The van der Waals surface area contributed by atoms with Crippen LogP contribution in [-0.4, -0.2) is 60.9 Å². The van der Waals surface area contributed by atoms with E-state index in [0.717, 1.165) is 53.9 Å². The Labute approximate surface area is 182 Å². The van der Waals surface area contributed by atoms with E-state index in [-0.39, 0.29) is 5.91 Å². The Balaban J connectivity index is 1.45. The topological polar surface area (TPSA) is 65.8 Å². The number of methoxy groups -OCH3 is 2. The average Bonchev–Trinajstić information content (AvgIpc) is 3.20. The molecule has 4 rings (SSSR count). The number of para-hydroxylation sites is 1. The van der Waals surface area contributed by atoms with Crippen molar-refractivity contribution in [1.29, 1.82) is 0 Å². The van der Waals surface area contributed by atoms with Crippen LogP contribution in [0.3, 0.4) is 0 Å². The third-order valence-corrected chi connectivity index (χ3v) is 5.74. The van der Waals surface area contributed by atoms with Crippen LogP contribution in [0.5, 0.6) is 11.5 Å². The number of aryl methyl sites for hydroxylation is 2. The van der Waals surface area contributed by atoms with Crippen LogP contribution in [0.25, 0.3) is 11.0 Å². The van der Waals surface area contributed by atoms with Crippen LogP contribution in [0.2, 0.25) is 0 Å². The van der Waals surface area contributed by atoms with Gasteiger partial charge in [0.1, 0.15) is 5.52 Å². The first kappa shape index (κ1) is 21.2. The smallest absolute Gasteiger partial charge is 0.257 e. The van der Waals surface area contributed by atoms with Crippen molar-refractivity contribution in [3.63, 3.8) is 0 Å². The minimum absolute atomic E-state index is 0.0341. The summed E-state index contributed by atoms with van der Waals surface area (Å²) in [5.74, 6) is 1.60. The molecule has 1 fully saturated rings. The number of aromatic nitrogens is 2. The number of carbonyl (C=O) groups excluding carboxylic acids is 1. The largest absolute Gasteiger partial charge is 0.493 e. The summed E-state index contributed by atoms with van der Waals surface area (Å²) in [4.78, 5) is 19.4. The first-order valence-corrected chi connectivity index (χ1v) is 10.7. The molecule has 0 bridgehead atoms. The second-order valence-electron chi connectivity index (χ2n) is 7.62. The van der Waals surface area contributed by atoms with Crippen LogP contribution in [0.15, 0.2) is 42.7 Å². The Kier molecular flexibility index (Phi) is 6.72. The van der Waals surface area contributed by atoms with Crippen LogP contribution in [0.4, 0.5) is 0 Å². The SMILES string of the molecule is COc1cccc(CCCCn2cc(C(=O)N3CCOCC3)c3ncccc32)c1OC. The van der Waals surface area contributed by atoms with Gasteiger partial charge < -0.3 is 23.7 Å². The van der Waals surface area contributed by atoms with E-state index in [1.165, 1.54) is 0 Å². The summed E-state index contributed by atoms with van der Waals surface area (Å²) >= 11 is 0. The Morgan fingerprint density at radius 3 is 2.71 bits per heavy atom. The summed E-state index contributed by atoms with van der Waals surface area (Å²) in [7, 11) is 3.33. The minimum Gasteiger partial charge on any atom is -0.493 e. The van der Waals surface area contributed by atoms with Gasteiger partial charge in [-0.25, -0.2) is 0 Å². The Morgan fingerprint density at radius 2 is 1.94 bits per heavy atom. The van der Waals surface area contributed by atoms with Crippen molar-refractivity contribution in [2.75, 3.05) is 40.5 Å². The van der Waals surface area contributed by atoms with E-state index < -0.39 is 0 Å². The number of hydrogen-bond donors (Lipinski definition) is 0. The molecule has 3 aromatic rings. The summed E-state index contributed by atoms with van der Waals surface area (Å²) in [5.41, 5.74) is 3.59. The van der Waals surface area contributed by atoms with Crippen molar-refractivity contribution >= 4 is 16.9 Å². The predicted octanol–water partition coefficient (Wildman–Crippen LogP) is 3.55. The van der Waals surface area contributed by atoms with E-state index in [4.69, 9.17) is 14.2 Å². The molecule has 0 atom stereocenters. The van der Waals surface area contributed by atoms with Crippen LogP contribution in [0, 0.1) is 0 Å².